The van der Waals surface area contributed by atoms with Gasteiger partial charge in [-0.25, -0.2) is 9.98 Å². The lowest BCUT2D eigenvalue weighted by atomic mass is 9.95. The van der Waals surface area contributed by atoms with Crippen LogP contribution in [-0.2, 0) is 0 Å². The van der Waals surface area contributed by atoms with E-state index in [1.54, 1.807) is 6.19 Å². The maximum atomic E-state index is 10.9. The summed E-state index contributed by atoms with van der Waals surface area (Å²) < 4.78 is 0. The van der Waals surface area contributed by atoms with Crippen LogP contribution in [0.3, 0.4) is 0 Å². The second-order valence-corrected chi connectivity index (χ2v) is 5.41. The van der Waals surface area contributed by atoms with E-state index in [9.17, 15) is 20.5 Å². The molecule has 0 bridgehead atoms. The number of nitrogen functional groups attached to an aromatic ring is 2. The number of aliphatic imine (C=N–C) groups is 1. The monoisotopic (exact) mass is 365 g/mol. The van der Waals surface area contributed by atoms with E-state index in [4.69, 9.17) is 16.7 Å². The Morgan fingerprint density at radius 2 is 2.11 bits per heavy atom. The molecular weight excluding hydrogens is 354 g/mol. The number of nitrogens with one attached hydrogen (secondary N) is 2. The summed E-state index contributed by atoms with van der Waals surface area (Å²) in [5.41, 5.74) is 11.9. The van der Waals surface area contributed by atoms with Gasteiger partial charge in [0.05, 0.1) is 10.6 Å². The van der Waals surface area contributed by atoms with Gasteiger partial charge in [-0.1, -0.05) is 0 Å². The summed E-state index contributed by atoms with van der Waals surface area (Å²) in [4.78, 5) is 18.5. The van der Waals surface area contributed by atoms with Crippen LogP contribution in [-0.4, -0.2) is 21.0 Å². The molecule has 0 saturated carbocycles. The minimum atomic E-state index is -0.899. The summed E-state index contributed by atoms with van der Waals surface area (Å²) in [7, 11) is 0. The first kappa shape index (κ1) is 17.2. The van der Waals surface area contributed by atoms with E-state index in [2.05, 4.69) is 20.6 Å². The van der Waals surface area contributed by atoms with E-state index in [0.29, 0.717) is 5.56 Å². The first-order valence-electron chi connectivity index (χ1n) is 7.33. The molecule has 0 aliphatic carbocycles. The SMILES string of the molecule is N#CNC1=NC(c2ccc([N+](=O)[O-])c(O)c2)c2c(nc(N)c(C#N)c2N)N1. The highest BCUT2D eigenvalue weighted by molar-refractivity contribution is 5.98. The van der Waals surface area contributed by atoms with Gasteiger partial charge in [-0.15, -0.1) is 0 Å². The van der Waals surface area contributed by atoms with E-state index < -0.39 is 22.4 Å². The van der Waals surface area contributed by atoms with E-state index >= 15 is 0 Å². The van der Waals surface area contributed by atoms with Gasteiger partial charge in [0.25, 0.3) is 0 Å². The molecule has 1 unspecified atom stereocenters. The van der Waals surface area contributed by atoms with Gasteiger partial charge in [-0.3, -0.25) is 15.4 Å². The molecule has 1 atom stereocenters. The molecule has 27 heavy (non-hydrogen) atoms. The van der Waals surface area contributed by atoms with E-state index in [-0.39, 0.29) is 34.4 Å². The Kier molecular flexibility index (Phi) is 4.08. The molecular formula is C15H11N9O3. The molecule has 12 heteroatoms. The van der Waals surface area contributed by atoms with Crippen LogP contribution in [0.2, 0.25) is 0 Å². The van der Waals surface area contributed by atoms with Crippen LogP contribution in [0.1, 0.15) is 22.7 Å². The minimum absolute atomic E-state index is 0.0232. The molecule has 0 spiro atoms. The number of nitrogens with two attached hydrogens (primary N) is 2. The van der Waals surface area contributed by atoms with Crippen LogP contribution in [0.15, 0.2) is 23.2 Å². The van der Waals surface area contributed by atoms with Crippen LogP contribution in [0, 0.1) is 32.9 Å². The Balaban J connectivity index is 2.23. The van der Waals surface area contributed by atoms with Crippen molar-refractivity contribution >= 4 is 29.0 Å². The Morgan fingerprint density at radius 1 is 1.37 bits per heavy atom. The zero-order valence-corrected chi connectivity index (χ0v) is 13.5. The standard InChI is InChI=1S/C15H11N9O3/c16-4-7-11(18)10-12(6-1-2-8(24(26)27)9(25)3-6)21-15(20-5-17)23-14(10)22-13(7)19/h1-3,12,25H,(H6,18,19,20,21,22,23). The first-order valence-corrected chi connectivity index (χ1v) is 7.33. The Bertz CT molecular complexity index is 1080. The van der Waals surface area contributed by atoms with Gasteiger partial charge >= 0.3 is 5.69 Å². The second kappa shape index (κ2) is 6.38. The van der Waals surface area contributed by atoms with Crippen molar-refractivity contribution in [1.82, 2.24) is 10.3 Å². The van der Waals surface area contributed by atoms with Gasteiger partial charge < -0.3 is 21.9 Å². The summed E-state index contributed by atoms with van der Waals surface area (Å²) in [6, 6.07) is 4.62. The number of aromatic nitrogens is 1. The van der Waals surface area contributed by atoms with Crippen LogP contribution in [0.25, 0.3) is 0 Å². The normalized spacial score (nSPS) is 14.7. The number of phenols is 1. The molecule has 0 fully saturated rings. The molecule has 12 nitrogen and oxygen atoms in total. The third-order valence-electron chi connectivity index (χ3n) is 3.87. The fraction of sp³-hybridized carbons (Fsp3) is 0.0667. The smallest absolute Gasteiger partial charge is 0.310 e. The number of phenolic OH excluding ortho intramolecular Hbond substituents is 1. The lowest BCUT2D eigenvalue weighted by Gasteiger charge is -2.26. The summed E-state index contributed by atoms with van der Waals surface area (Å²) in [5, 5.41) is 44.0. The van der Waals surface area contributed by atoms with Crippen molar-refractivity contribution < 1.29 is 10.0 Å². The number of hydrogen-bond acceptors (Lipinski definition) is 11. The molecule has 1 aliphatic heterocycles. The highest BCUT2D eigenvalue weighted by atomic mass is 16.6. The van der Waals surface area contributed by atoms with Gasteiger partial charge in [0.1, 0.15) is 29.3 Å². The summed E-state index contributed by atoms with van der Waals surface area (Å²) in [6.45, 7) is 0. The number of rotatable bonds is 2. The molecule has 2 heterocycles. The molecule has 2 aromatic rings. The van der Waals surface area contributed by atoms with Crippen molar-refractivity contribution in [2.75, 3.05) is 16.8 Å². The van der Waals surface area contributed by atoms with Crippen LogP contribution in [0.5, 0.6) is 5.75 Å². The topological polar surface area (TPSA) is 212 Å². The number of anilines is 3. The molecule has 1 aliphatic rings. The third-order valence-corrected chi connectivity index (χ3v) is 3.87. The number of fused-ring (bicyclic) bond motifs is 1. The van der Waals surface area contributed by atoms with E-state index in [0.717, 1.165) is 12.1 Å². The molecule has 3 rings (SSSR count). The maximum absolute atomic E-state index is 10.9. The molecule has 7 N–H and O–H groups in total. The Morgan fingerprint density at radius 3 is 2.70 bits per heavy atom. The summed E-state index contributed by atoms with van der Waals surface area (Å²) >= 11 is 0. The largest absolute Gasteiger partial charge is 0.502 e. The van der Waals surface area contributed by atoms with Crippen molar-refractivity contribution in [3.63, 3.8) is 0 Å². The van der Waals surface area contributed by atoms with Crippen LogP contribution < -0.4 is 22.1 Å². The summed E-state index contributed by atoms with van der Waals surface area (Å²) in [5.74, 6) is -0.474. The van der Waals surface area contributed by atoms with E-state index in [1.165, 1.54) is 6.07 Å². The average Bonchev–Trinajstić information content (AvgIpc) is 2.61. The average molecular weight is 365 g/mol. The van der Waals surface area contributed by atoms with Gasteiger partial charge in [0.15, 0.2) is 11.9 Å². The number of nitro benzene ring substituents is 1. The van der Waals surface area contributed by atoms with Crippen LogP contribution >= 0.6 is 0 Å². The van der Waals surface area contributed by atoms with Gasteiger partial charge in [-0.05, 0) is 17.7 Å². The predicted molar refractivity (Wildman–Crippen MR) is 94.2 cm³/mol. The van der Waals surface area contributed by atoms with Crippen LogP contribution in [0.4, 0.5) is 23.0 Å². The number of hydrogen-bond donors (Lipinski definition) is 5. The zero-order valence-electron chi connectivity index (χ0n) is 13.5. The fourth-order valence-corrected chi connectivity index (χ4v) is 2.69. The predicted octanol–water partition coefficient (Wildman–Crippen LogP) is 0.673. The van der Waals surface area contributed by atoms with Crippen molar-refractivity contribution in [2.45, 2.75) is 6.04 Å². The van der Waals surface area contributed by atoms with Crippen molar-refractivity contribution in [2.24, 2.45) is 4.99 Å². The summed E-state index contributed by atoms with van der Waals surface area (Å²) in [6.07, 6.45) is 1.70. The molecule has 134 valence electrons. The van der Waals surface area contributed by atoms with Crippen molar-refractivity contribution in [3.05, 3.63) is 45.0 Å². The lowest BCUT2D eigenvalue weighted by Crippen LogP contribution is -2.32. The van der Waals surface area contributed by atoms with Gasteiger partial charge in [0.2, 0.25) is 5.96 Å². The first-order chi connectivity index (χ1) is 12.9. The quantitative estimate of drug-likeness (QED) is 0.217. The number of nitrogens with zero attached hydrogens (tertiary/aromatic N) is 5. The van der Waals surface area contributed by atoms with Gasteiger partial charge in [-0.2, -0.15) is 10.5 Å². The fourth-order valence-electron chi connectivity index (χ4n) is 2.69. The third kappa shape index (κ3) is 2.83. The number of guanidine groups is 1. The molecule has 0 radical (unpaired) electrons. The lowest BCUT2D eigenvalue weighted by molar-refractivity contribution is -0.385. The number of aromatic hydroxyl groups is 1. The number of nitriles is 2. The molecule has 0 amide bonds. The number of pyridine rings is 1. The maximum Gasteiger partial charge on any atom is 0.310 e. The van der Waals surface area contributed by atoms with Crippen molar-refractivity contribution in [1.29, 1.82) is 10.5 Å². The zero-order chi connectivity index (χ0) is 19.7. The minimum Gasteiger partial charge on any atom is -0.502 e. The van der Waals surface area contributed by atoms with E-state index in [1.807, 2.05) is 6.07 Å². The number of nitro groups is 1. The second-order valence-electron chi connectivity index (χ2n) is 5.41. The molecule has 1 aromatic carbocycles. The Labute approximate surface area is 151 Å². The highest BCUT2D eigenvalue weighted by Gasteiger charge is 2.30. The molecule has 1 aromatic heterocycles. The van der Waals surface area contributed by atoms with Crippen molar-refractivity contribution in [3.8, 4) is 18.0 Å². The number of benzene rings is 1. The van der Waals surface area contributed by atoms with Gasteiger partial charge in [0, 0.05) is 11.6 Å². The molecule has 0 saturated heterocycles. The Hall–Kier alpha value is -4.58. The highest BCUT2D eigenvalue weighted by Crippen LogP contribution is 2.42.